The van der Waals surface area contributed by atoms with Crippen LogP contribution in [0.1, 0.15) is 219 Å². The van der Waals surface area contributed by atoms with Crippen LogP contribution in [0.3, 0.4) is 0 Å². The van der Waals surface area contributed by atoms with Gasteiger partial charge in [0.05, 0.1) is 13.2 Å². The molecule has 9 nitrogen and oxygen atoms in total. The zero-order valence-electron chi connectivity index (χ0n) is 40.3. The Bertz CT molecular complexity index is 1260. The number of allylic oxidation sites excluding steroid dienone is 12. The number of hydrogen-bond acceptors (Lipinski definition) is 8. The van der Waals surface area contributed by atoms with Gasteiger partial charge >= 0.3 is 19.8 Å². The number of ether oxygens (including phenoxy) is 2. The largest absolute Gasteiger partial charge is 0.472 e. The summed E-state index contributed by atoms with van der Waals surface area (Å²) in [5, 5.41) is 0. The van der Waals surface area contributed by atoms with E-state index in [4.69, 9.17) is 24.3 Å². The third-order valence-electron chi connectivity index (χ3n) is 10.6. The van der Waals surface area contributed by atoms with E-state index in [0.717, 1.165) is 77.0 Å². The lowest BCUT2D eigenvalue weighted by atomic mass is 10.0. The summed E-state index contributed by atoms with van der Waals surface area (Å²) in [5.41, 5.74) is 5.34. The molecule has 364 valence electrons. The number of hydrogen-bond donors (Lipinski definition) is 2. The maximum absolute atomic E-state index is 12.6. The van der Waals surface area contributed by atoms with E-state index < -0.39 is 26.5 Å². The molecule has 0 aliphatic rings. The second kappa shape index (κ2) is 48.9. The Balaban J connectivity index is 3.81. The van der Waals surface area contributed by atoms with Gasteiger partial charge in [0.1, 0.15) is 6.61 Å². The molecule has 0 radical (unpaired) electrons. The topological polar surface area (TPSA) is 134 Å². The number of carbonyl (C=O) groups excluding carboxylic acids is 2. The van der Waals surface area contributed by atoms with E-state index in [9.17, 15) is 19.0 Å². The van der Waals surface area contributed by atoms with Gasteiger partial charge in [0.2, 0.25) is 0 Å². The summed E-state index contributed by atoms with van der Waals surface area (Å²) in [4.78, 5) is 34.7. The molecule has 0 saturated heterocycles. The highest BCUT2D eigenvalue weighted by molar-refractivity contribution is 7.47. The average molecular weight is 904 g/mol. The lowest BCUT2D eigenvalue weighted by Crippen LogP contribution is -2.29. The molecule has 2 atom stereocenters. The van der Waals surface area contributed by atoms with Crippen molar-refractivity contribution in [3.05, 3.63) is 72.9 Å². The molecule has 0 aromatic carbocycles. The fourth-order valence-corrected chi connectivity index (χ4v) is 7.64. The van der Waals surface area contributed by atoms with E-state index in [1.54, 1.807) is 0 Å². The number of phosphoric ester groups is 1. The zero-order chi connectivity index (χ0) is 46.0. The number of unbranched alkanes of at least 4 members (excludes halogenated alkanes) is 22. The Morgan fingerprint density at radius 3 is 1.30 bits per heavy atom. The van der Waals surface area contributed by atoms with Crippen molar-refractivity contribution >= 4 is 19.8 Å². The predicted molar refractivity (Wildman–Crippen MR) is 266 cm³/mol. The summed E-state index contributed by atoms with van der Waals surface area (Å²) in [6, 6.07) is 0. The zero-order valence-corrected chi connectivity index (χ0v) is 41.2. The molecule has 0 amide bonds. The standard InChI is InChI=1S/C53H94NO8P/c1-3-5-7-9-11-12-13-14-15-16-17-18-19-20-21-22-23-24-25-26-27-28-29-30-31-32-33-34-35-36-37-38-40-42-44-46-53(56)62-51(50-61-63(57,58)60-48-47-54)49-59-52(55)45-43-41-39-10-8-6-4-2/h5,7,11-12,14-15,17-18,20-21,23-24,51H,3-4,6,8-10,13,16,19,22,25-50,54H2,1-2H3,(H,57,58)/b7-5-,12-11-,15-14-,18-17-,21-20-,24-23-. The molecule has 0 heterocycles. The van der Waals surface area contributed by atoms with Crippen LogP contribution in [0.15, 0.2) is 72.9 Å². The lowest BCUT2D eigenvalue weighted by molar-refractivity contribution is -0.161. The molecular formula is C53H94NO8P. The van der Waals surface area contributed by atoms with Crippen LogP contribution in [0.2, 0.25) is 0 Å². The van der Waals surface area contributed by atoms with Crippen LogP contribution in [-0.2, 0) is 32.7 Å². The van der Waals surface area contributed by atoms with Crippen LogP contribution in [0.25, 0.3) is 0 Å². The van der Waals surface area contributed by atoms with Crippen molar-refractivity contribution in [1.82, 2.24) is 0 Å². The van der Waals surface area contributed by atoms with Gasteiger partial charge in [0.15, 0.2) is 6.10 Å². The molecule has 10 heteroatoms. The van der Waals surface area contributed by atoms with E-state index in [-0.39, 0.29) is 38.6 Å². The molecule has 0 bridgehead atoms. The van der Waals surface area contributed by atoms with Crippen LogP contribution in [0.5, 0.6) is 0 Å². The minimum Gasteiger partial charge on any atom is -0.462 e. The first-order valence-electron chi connectivity index (χ1n) is 25.4. The Labute approximate surface area is 386 Å². The van der Waals surface area contributed by atoms with Crippen molar-refractivity contribution in [2.45, 2.75) is 225 Å². The van der Waals surface area contributed by atoms with Gasteiger partial charge in [-0.05, 0) is 64.2 Å². The minimum atomic E-state index is -4.37. The monoisotopic (exact) mass is 904 g/mol. The van der Waals surface area contributed by atoms with E-state index in [0.29, 0.717) is 6.42 Å². The van der Waals surface area contributed by atoms with Crippen molar-refractivity contribution in [1.29, 1.82) is 0 Å². The first kappa shape index (κ1) is 60.5. The highest BCUT2D eigenvalue weighted by Gasteiger charge is 2.26. The highest BCUT2D eigenvalue weighted by Crippen LogP contribution is 2.43. The molecule has 0 spiro atoms. The molecule has 0 aromatic heterocycles. The highest BCUT2D eigenvalue weighted by atomic mass is 31.2. The van der Waals surface area contributed by atoms with E-state index in [2.05, 4.69) is 86.8 Å². The van der Waals surface area contributed by atoms with Crippen LogP contribution in [0, 0.1) is 0 Å². The summed E-state index contributed by atoms with van der Waals surface area (Å²) in [7, 11) is -4.37. The SMILES string of the molecule is CC/C=C\C/C=C\C/C=C\C/C=C\C/C=C\C/C=C\CCCCCCCCCCCCCCCCCCC(=O)OC(COC(=O)CCCCCCCCC)COP(=O)(O)OCCN. The van der Waals surface area contributed by atoms with Gasteiger partial charge in [-0.15, -0.1) is 0 Å². The molecule has 0 fully saturated rings. The van der Waals surface area contributed by atoms with Crippen molar-refractivity contribution < 1.29 is 37.6 Å². The Kier molecular flexibility index (Phi) is 46.9. The number of rotatable bonds is 47. The van der Waals surface area contributed by atoms with Crippen molar-refractivity contribution in [2.24, 2.45) is 5.73 Å². The van der Waals surface area contributed by atoms with Gasteiger partial charge in [-0.3, -0.25) is 18.6 Å². The van der Waals surface area contributed by atoms with Crippen LogP contribution in [-0.4, -0.2) is 49.3 Å². The first-order chi connectivity index (χ1) is 30.8. The lowest BCUT2D eigenvalue weighted by Gasteiger charge is -2.19. The molecule has 0 aliphatic heterocycles. The normalized spacial score (nSPS) is 13.8. The predicted octanol–water partition coefficient (Wildman–Crippen LogP) is 15.4. The van der Waals surface area contributed by atoms with Gasteiger partial charge in [-0.1, -0.05) is 215 Å². The summed E-state index contributed by atoms with van der Waals surface area (Å²) in [5.74, 6) is -0.833. The smallest absolute Gasteiger partial charge is 0.462 e. The van der Waals surface area contributed by atoms with E-state index in [1.807, 2.05) is 0 Å². The maximum Gasteiger partial charge on any atom is 0.472 e. The number of nitrogens with two attached hydrogens (primary N) is 1. The van der Waals surface area contributed by atoms with Gasteiger partial charge < -0.3 is 20.1 Å². The summed E-state index contributed by atoms with van der Waals surface area (Å²) >= 11 is 0. The fourth-order valence-electron chi connectivity index (χ4n) is 6.87. The number of esters is 2. The van der Waals surface area contributed by atoms with Crippen molar-refractivity contribution in [3.63, 3.8) is 0 Å². The van der Waals surface area contributed by atoms with Gasteiger partial charge in [0.25, 0.3) is 0 Å². The van der Waals surface area contributed by atoms with E-state index in [1.165, 1.54) is 109 Å². The second-order valence-corrected chi connectivity index (χ2v) is 18.1. The third-order valence-corrected chi connectivity index (χ3v) is 11.6. The molecule has 63 heavy (non-hydrogen) atoms. The molecule has 0 aromatic rings. The van der Waals surface area contributed by atoms with Crippen LogP contribution >= 0.6 is 7.82 Å². The fraction of sp³-hybridized carbons (Fsp3) is 0.736. The minimum absolute atomic E-state index is 0.0529. The Morgan fingerprint density at radius 2 is 0.873 bits per heavy atom. The molecule has 2 unspecified atom stereocenters. The van der Waals surface area contributed by atoms with Gasteiger partial charge in [-0.25, -0.2) is 4.57 Å². The summed E-state index contributed by atoms with van der Waals surface area (Å²) < 4.78 is 32.7. The summed E-state index contributed by atoms with van der Waals surface area (Å²) in [6.07, 6.45) is 61.3. The van der Waals surface area contributed by atoms with Crippen LogP contribution < -0.4 is 5.73 Å². The van der Waals surface area contributed by atoms with Crippen molar-refractivity contribution in [3.8, 4) is 0 Å². The quantitative estimate of drug-likeness (QED) is 0.0265. The van der Waals surface area contributed by atoms with Gasteiger partial charge in [-0.2, -0.15) is 0 Å². The maximum atomic E-state index is 12.6. The molecule has 0 rings (SSSR count). The number of carbonyl (C=O) groups is 2. The van der Waals surface area contributed by atoms with E-state index >= 15 is 0 Å². The Hall–Kier alpha value is -2.55. The second-order valence-electron chi connectivity index (χ2n) is 16.7. The Morgan fingerprint density at radius 1 is 0.492 bits per heavy atom. The first-order valence-corrected chi connectivity index (χ1v) is 26.9. The van der Waals surface area contributed by atoms with Crippen LogP contribution in [0.4, 0.5) is 0 Å². The molecular weight excluding hydrogens is 810 g/mol. The molecule has 0 aliphatic carbocycles. The van der Waals surface area contributed by atoms with Crippen molar-refractivity contribution in [2.75, 3.05) is 26.4 Å². The van der Waals surface area contributed by atoms with Gasteiger partial charge in [0, 0.05) is 19.4 Å². The number of phosphoric acid groups is 1. The third kappa shape index (κ3) is 48.7. The average Bonchev–Trinajstić information content (AvgIpc) is 3.27. The molecule has 3 N–H and O–H groups in total. The molecule has 0 saturated carbocycles. The summed E-state index contributed by atoms with van der Waals surface area (Å²) in [6.45, 7) is 3.57.